The minimum absolute atomic E-state index is 0.0669. The first-order valence-electron chi connectivity index (χ1n) is 5.71. The molecule has 0 amide bonds. The monoisotopic (exact) mass is 312 g/mol. The molecule has 11 nitrogen and oxygen atoms in total. The molecule has 0 aliphatic heterocycles. The van der Waals surface area contributed by atoms with E-state index in [1.165, 1.54) is 12.1 Å². The van der Waals surface area contributed by atoms with Gasteiger partial charge in [-0.15, -0.1) is 0 Å². The molecule has 0 saturated heterocycles. The smallest absolute Gasteiger partial charge is 0.426 e. The fourth-order valence-corrected chi connectivity index (χ4v) is 1.39. The molecule has 0 radical (unpaired) electrons. The molecule has 0 bridgehead atoms. The van der Waals surface area contributed by atoms with Gasteiger partial charge < -0.3 is 18.3 Å². The second kappa shape index (κ2) is 6.39. The molecule has 0 aliphatic rings. The average molecular weight is 312 g/mol. The molecule has 2 rings (SSSR count). The molecule has 0 N–H and O–H groups in total. The summed E-state index contributed by atoms with van der Waals surface area (Å²) in [6.07, 6.45) is -1.09. The maximum atomic E-state index is 11.3. The van der Waals surface area contributed by atoms with Gasteiger partial charge in [0.05, 0.1) is 12.1 Å². The zero-order valence-corrected chi connectivity index (χ0v) is 10.8. The van der Waals surface area contributed by atoms with Crippen LogP contribution in [0, 0.1) is 20.2 Å². The Kier molecular flexibility index (Phi) is 4.36. The third-order valence-electron chi connectivity index (χ3n) is 2.32. The topological polar surface area (TPSA) is 148 Å². The van der Waals surface area contributed by atoms with Crippen molar-refractivity contribution in [2.24, 2.45) is 0 Å². The van der Waals surface area contributed by atoms with E-state index in [9.17, 15) is 25.0 Å². The number of ether oxygens (including phenoxy) is 2. The number of hydrogen-bond donors (Lipinski definition) is 0. The third kappa shape index (κ3) is 3.82. The largest absolute Gasteiger partial charge is 0.509 e. The van der Waals surface area contributed by atoms with Gasteiger partial charge in [0, 0.05) is 0 Å². The average Bonchev–Trinajstić information content (AvgIpc) is 3.12. The van der Waals surface area contributed by atoms with Gasteiger partial charge in [0.1, 0.15) is 21.4 Å². The van der Waals surface area contributed by atoms with E-state index in [1.807, 2.05) is 0 Å². The lowest BCUT2D eigenvalue weighted by atomic mass is 10.5. The van der Waals surface area contributed by atoms with E-state index in [1.54, 1.807) is 0 Å². The van der Waals surface area contributed by atoms with Crippen LogP contribution in [0.25, 0.3) is 0 Å². The fraction of sp³-hybridized carbons (Fsp3) is 0.182. The van der Waals surface area contributed by atoms with E-state index in [0.29, 0.717) is 0 Å². The van der Waals surface area contributed by atoms with E-state index in [0.717, 1.165) is 12.1 Å². The van der Waals surface area contributed by atoms with E-state index < -0.39 is 27.8 Å². The molecule has 0 saturated carbocycles. The number of rotatable bonds is 6. The van der Waals surface area contributed by atoms with Gasteiger partial charge in [-0.05, 0) is 12.1 Å². The second-order valence-electron chi connectivity index (χ2n) is 3.82. The lowest BCUT2D eigenvalue weighted by molar-refractivity contribution is -0.402. The van der Waals surface area contributed by atoms with Gasteiger partial charge in [-0.3, -0.25) is 20.2 Å². The van der Waals surface area contributed by atoms with Crippen molar-refractivity contribution in [3.8, 4) is 0 Å². The Hall–Kier alpha value is -3.37. The Morgan fingerprint density at radius 2 is 1.32 bits per heavy atom. The molecule has 11 heteroatoms. The standard InChI is InChI=1S/C11H8N2O9/c14-11(19-5-7-1-3-9(21-7)12(15)16)20-6-8-2-4-10(22-8)13(17)18/h1-4H,5-6H2. The number of nitrogens with zero attached hydrogens (tertiary/aromatic N) is 2. The van der Waals surface area contributed by atoms with Crippen molar-refractivity contribution in [1.82, 2.24) is 0 Å². The van der Waals surface area contributed by atoms with Crippen molar-refractivity contribution in [2.75, 3.05) is 0 Å². The van der Waals surface area contributed by atoms with Gasteiger partial charge in [-0.1, -0.05) is 0 Å². The van der Waals surface area contributed by atoms with Crippen LogP contribution in [0.1, 0.15) is 11.5 Å². The summed E-state index contributed by atoms with van der Waals surface area (Å²) in [7, 11) is 0. The highest BCUT2D eigenvalue weighted by Crippen LogP contribution is 2.18. The molecule has 22 heavy (non-hydrogen) atoms. The number of hydrogen-bond acceptors (Lipinski definition) is 9. The highest BCUT2D eigenvalue weighted by atomic mass is 16.7. The first kappa shape index (κ1) is 15.0. The predicted octanol–water partition coefficient (Wildman–Crippen LogP) is 2.54. The van der Waals surface area contributed by atoms with Crippen LogP contribution in [-0.2, 0) is 22.7 Å². The summed E-state index contributed by atoms with van der Waals surface area (Å²) in [6, 6.07) is 4.79. The van der Waals surface area contributed by atoms with E-state index in [2.05, 4.69) is 9.47 Å². The molecule has 0 atom stereocenters. The van der Waals surface area contributed by atoms with Crippen LogP contribution in [0.2, 0.25) is 0 Å². The van der Waals surface area contributed by atoms with Gasteiger partial charge in [0.15, 0.2) is 13.2 Å². The van der Waals surface area contributed by atoms with Crippen molar-refractivity contribution in [3.05, 3.63) is 56.0 Å². The predicted molar refractivity (Wildman–Crippen MR) is 65.7 cm³/mol. The molecular formula is C11H8N2O9. The Bertz CT molecular complexity index is 644. The van der Waals surface area contributed by atoms with Crippen LogP contribution in [0.5, 0.6) is 0 Å². The van der Waals surface area contributed by atoms with Crippen LogP contribution < -0.4 is 0 Å². The molecule has 2 aromatic rings. The SMILES string of the molecule is O=C(OCc1ccc([N+](=O)[O-])o1)OCc1ccc([N+](=O)[O-])o1. The van der Waals surface area contributed by atoms with Gasteiger partial charge >= 0.3 is 17.9 Å². The van der Waals surface area contributed by atoms with Gasteiger partial charge in [0.25, 0.3) is 0 Å². The van der Waals surface area contributed by atoms with Crippen LogP contribution in [0.3, 0.4) is 0 Å². The second-order valence-corrected chi connectivity index (χ2v) is 3.82. The molecule has 2 aromatic heterocycles. The lowest BCUT2D eigenvalue weighted by Crippen LogP contribution is -2.06. The molecule has 0 fully saturated rings. The molecule has 2 heterocycles. The van der Waals surface area contributed by atoms with Crippen LogP contribution >= 0.6 is 0 Å². The summed E-state index contributed by atoms with van der Waals surface area (Å²) in [5.41, 5.74) is 0. The first-order valence-corrected chi connectivity index (χ1v) is 5.71. The summed E-state index contributed by atoms with van der Waals surface area (Å²) in [6.45, 7) is -0.712. The molecule has 0 aliphatic carbocycles. The number of carbonyl (C=O) groups is 1. The zero-order chi connectivity index (χ0) is 16.1. The van der Waals surface area contributed by atoms with Crippen LogP contribution in [0.15, 0.2) is 33.1 Å². The van der Waals surface area contributed by atoms with Crippen LogP contribution in [-0.4, -0.2) is 16.0 Å². The van der Waals surface area contributed by atoms with E-state index in [-0.39, 0.29) is 24.7 Å². The Morgan fingerprint density at radius 1 is 0.909 bits per heavy atom. The first-order chi connectivity index (χ1) is 10.5. The normalized spacial score (nSPS) is 10.2. The highest BCUT2D eigenvalue weighted by molar-refractivity contribution is 5.59. The van der Waals surface area contributed by atoms with Gasteiger partial charge in [-0.2, -0.15) is 0 Å². The Balaban J connectivity index is 1.77. The maximum absolute atomic E-state index is 11.3. The summed E-state index contributed by atoms with van der Waals surface area (Å²) < 4.78 is 18.8. The molecule has 116 valence electrons. The summed E-state index contributed by atoms with van der Waals surface area (Å²) in [5.74, 6) is -0.820. The molecule has 0 unspecified atom stereocenters. The fourth-order valence-electron chi connectivity index (χ4n) is 1.39. The summed E-state index contributed by atoms with van der Waals surface area (Å²) in [5, 5.41) is 20.8. The van der Waals surface area contributed by atoms with E-state index >= 15 is 0 Å². The van der Waals surface area contributed by atoms with Crippen LogP contribution in [0.4, 0.5) is 16.6 Å². The van der Waals surface area contributed by atoms with Crippen molar-refractivity contribution < 1.29 is 32.9 Å². The Morgan fingerprint density at radius 3 is 1.64 bits per heavy atom. The zero-order valence-electron chi connectivity index (χ0n) is 10.8. The highest BCUT2D eigenvalue weighted by Gasteiger charge is 2.15. The van der Waals surface area contributed by atoms with Crippen molar-refractivity contribution >= 4 is 17.9 Å². The number of furan rings is 2. The minimum atomic E-state index is -1.09. The molecule has 0 spiro atoms. The summed E-state index contributed by atoms with van der Waals surface area (Å²) >= 11 is 0. The summed E-state index contributed by atoms with van der Waals surface area (Å²) in [4.78, 5) is 30.6. The third-order valence-corrected chi connectivity index (χ3v) is 2.32. The molecular weight excluding hydrogens is 304 g/mol. The quantitative estimate of drug-likeness (QED) is 0.445. The van der Waals surface area contributed by atoms with Crippen molar-refractivity contribution in [2.45, 2.75) is 13.2 Å². The van der Waals surface area contributed by atoms with Crippen molar-refractivity contribution in [3.63, 3.8) is 0 Å². The number of carbonyl (C=O) groups excluding carboxylic acids is 1. The molecule has 0 aromatic carbocycles. The lowest BCUT2D eigenvalue weighted by Gasteiger charge is -2.02. The maximum Gasteiger partial charge on any atom is 0.509 e. The minimum Gasteiger partial charge on any atom is -0.426 e. The van der Waals surface area contributed by atoms with Crippen molar-refractivity contribution in [1.29, 1.82) is 0 Å². The van der Waals surface area contributed by atoms with Gasteiger partial charge in [0.2, 0.25) is 0 Å². The van der Waals surface area contributed by atoms with Gasteiger partial charge in [-0.25, -0.2) is 4.79 Å². The Labute approximate surface area is 121 Å². The number of nitro groups is 2. The van der Waals surface area contributed by atoms with E-state index in [4.69, 9.17) is 8.83 Å².